The van der Waals surface area contributed by atoms with Crippen LogP contribution in [0.4, 0.5) is 0 Å². The molecule has 2 atom stereocenters. The van der Waals surface area contributed by atoms with E-state index in [1.54, 1.807) is 0 Å². The molecular formula is C46H35N5S. The van der Waals surface area contributed by atoms with E-state index in [2.05, 4.69) is 177 Å². The van der Waals surface area contributed by atoms with Gasteiger partial charge >= 0.3 is 0 Å². The molecule has 3 N–H and O–H groups in total. The molecule has 0 amide bonds. The lowest BCUT2D eigenvalue weighted by molar-refractivity contribution is 0.479. The maximum absolute atomic E-state index is 4.25. The van der Waals surface area contributed by atoms with Crippen LogP contribution >= 0.6 is 11.3 Å². The van der Waals surface area contributed by atoms with Crippen LogP contribution in [0, 0.1) is 0 Å². The third kappa shape index (κ3) is 5.23. The van der Waals surface area contributed by atoms with Crippen molar-refractivity contribution in [1.82, 2.24) is 25.5 Å². The summed E-state index contributed by atoms with van der Waals surface area (Å²) in [6, 6.07) is 48.4. The van der Waals surface area contributed by atoms with Gasteiger partial charge in [-0.3, -0.25) is 10.3 Å². The van der Waals surface area contributed by atoms with Crippen molar-refractivity contribution in [2.75, 3.05) is 6.54 Å². The number of thiophene rings is 1. The first kappa shape index (κ1) is 30.6. The van der Waals surface area contributed by atoms with Crippen LogP contribution in [0.15, 0.2) is 176 Å². The van der Waals surface area contributed by atoms with Crippen molar-refractivity contribution >= 4 is 48.9 Å². The number of pyridine rings is 1. The van der Waals surface area contributed by atoms with E-state index in [0.717, 1.165) is 23.5 Å². The molecule has 52 heavy (non-hydrogen) atoms. The first-order valence-electron chi connectivity index (χ1n) is 17.7. The van der Waals surface area contributed by atoms with Gasteiger partial charge in [0, 0.05) is 67.2 Å². The molecule has 0 radical (unpaired) electrons. The Morgan fingerprint density at radius 3 is 2.19 bits per heavy atom. The van der Waals surface area contributed by atoms with Gasteiger partial charge in [0.2, 0.25) is 0 Å². The number of hydrogen-bond donors (Lipinski definition) is 3. The summed E-state index contributed by atoms with van der Waals surface area (Å²) in [6.45, 7) is 0.817. The van der Waals surface area contributed by atoms with Crippen LogP contribution in [0.25, 0.3) is 64.8 Å². The Labute approximate surface area is 306 Å². The molecule has 10 rings (SSSR count). The Morgan fingerprint density at radius 2 is 1.42 bits per heavy atom. The number of dihydropyridines is 1. The highest BCUT2D eigenvalue weighted by atomic mass is 32.1. The van der Waals surface area contributed by atoms with E-state index < -0.39 is 0 Å². The number of benzene rings is 5. The SMILES string of the molecule is C1=CC(C2NC(c3ccncc3)=CC(c3ccc(-n4c5ccccc5c5c6sc(-c7ccccc7)c(-c7ccccc7)c6ccc54)cc3)N2)=CCN1. The number of nitrogens with zero attached hydrogens (tertiary/aromatic N) is 2. The summed E-state index contributed by atoms with van der Waals surface area (Å²) in [5.74, 6) is 0. The summed E-state index contributed by atoms with van der Waals surface area (Å²) in [7, 11) is 0. The van der Waals surface area contributed by atoms with Crippen molar-refractivity contribution in [1.29, 1.82) is 0 Å². The van der Waals surface area contributed by atoms with Gasteiger partial charge in [-0.15, -0.1) is 11.3 Å². The summed E-state index contributed by atoms with van der Waals surface area (Å²) in [5, 5.41) is 14.7. The van der Waals surface area contributed by atoms with E-state index in [1.807, 2.05) is 29.9 Å². The molecule has 6 heteroatoms. The number of hydrogen-bond acceptors (Lipinski definition) is 5. The number of para-hydroxylation sites is 1. The van der Waals surface area contributed by atoms with Crippen LogP contribution in [0.2, 0.25) is 0 Å². The Hall–Kier alpha value is -6.21. The molecule has 2 unspecified atom stereocenters. The van der Waals surface area contributed by atoms with Gasteiger partial charge < -0.3 is 15.2 Å². The molecule has 0 saturated carbocycles. The molecule has 0 aliphatic carbocycles. The zero-order valence-corrected chi connectivity index (χ0v) is 29.1. The maximum atomic E-state index is 4.25. The second-order valence-electron chi connectivity index (χ2n) is 13.3. The molecule has 2 aliphatic rings. The second kappa shape index (κ2) is 12.8. The normalized spacial score (nSPS) is 17.2. The highest BCUT2D eigenvalue weighted by molar-refractivity contribution is 7.24. The van der Waals surface area contributed by atoms with Crippen LogP contribution in [0.3, 0.4) is 0 Å². The topological polar surface area (TPSA) is 53.9 Å². The van der Waals surface area contributed by atoms with Crippen molar-refractivity contribution in [2.45, 2.75) is 12.2 Å². The van der Waals surface area contributed by atoms with Crippen molar-refractivity contribution in [3.05, 3.63) is 187 Å². The van der Waals surface area contributed by atoms with Gasteiger partial charge in [0.1, 0.15) is 6.17 Å². The number of rotatable bonds is 6. The van der Waals surface area contributed by atoms with E-state index in [1.165, 1.54) is 64.6 Å². The van der Waals surface area contributed by atoms with Crippen LogP contribution < -0.4 is 16.0 Å². The lowest BCUT2D eigenvalue weighted by atomic mass is 9.98. The Morgan fingerprint density at radius 1 is 0.673 bits per heavy atom. The van der Waals surface area contributed by atoms with Crippen molar-refractivity contribution < 1.29 is 0 Å². The highest BCUT2D eigenvalue weighted by Gasteiger charge is 2.26. The fraction of sp³-hybridized carbons (Fsp3) is 0.0652. The monoisotopic (exact) mass is 689 g/mol. The molecule has 250 valence electrons. The average Bonchev–Trinajstić information content (AvgIpc) is 3.78. The lowest BCUT2D eigenvalue weighted by Crippen LogP contribution is -2.47. The Kier molecular flexibility index (Phi) is 7.56. The smallest absolute Gasteiger partial charge is 0.104 e. The maximum Gasteiger partial charge on any atom is 0.104 e. The number of fused-ring (bicyclic) bond motifs is 5. The van der Waals surface area contributed by atoms with Gasteiger partial charge in [0.25, 0.3) is 0 Å². The van der Waals surface area contributed by atoms with Crippen LogP contribution in [0.1, 0.15) is 17.2 Å². The quantitative estimate of drug-likeness (QED) is 0.163. The van der Waals surface area contributed by atoms with Crippen LogP contribution in [0.5, 0.6) is 0 Å². The van der Waals surface area contributed by atoms with E-state index in [9.17, 15) is 0 Å². The molecule has 0 saturated heterocycles. The summed E-state index contributed by atoms with van der Waals surface area (Å²) in [6.07, 6.45) is 12.4. The predicted octanol–water partition coefficient (Wildman–Crippen LogP) is 10.4. The van der Waals surface area contributed by atoms with Gasteiger partial charge in [-0.1, -0.05) is 103 Å². The van der Waals surface area contributed by atoms with Gasteiger partial charge in [-0.25, -0.2) is 0 Å². The standard InChI is InChI=1S/C46H35N5S/c1-3-9-32(10-4-1)42-37-19-20-41-43(45(37)52-44(42)33-11-5-2-6-12-33)36-13-7-8-14-40(36)51(41)35-17-15-30(16-18-35)38-29-39(31-21-25-47-26-22-31)50-46(49-38)34-23-27-48-28-24-34/h1-27,29,38,46,48-50H,28H2. The minimum absolute atomic E-state index is 0.0179. The minimum Gasteiger partial charge on any atom is -0.387 e. The summed E-state index contributed by atoms with van der Waals surface area (Å²) < 4.78 is 3.75. The molecular weight excluding hydrogens is 655 g/mol. The van der Waals surface area contributed by atoms with E-state index >= 15 is 0 Å². The highest BCUT2D eigenvalue weighted by Crippen LogP contribution is 2.49. The largest absolute Gasteiger partial charge is 0.387 e. The average molecular weight is 690 g/mol. The number of nitrogens with one attached hydrogen (secondary N) is 3. The second-order valence-corrected chi connectivity index (χ2v) is 14.3. The molecule has 5 nitrogen and oxygen atoms in total. The molecule has 3 aromatic heterocycles. The minimum atomic E-state index is -0.0247. The van der Waals surface area contributed by atoms with E-state index in [-0.39, 0.29) is 12.2 Å². The van der Waals surface area contributed by atoms with Crippen molar-refractivity contribution in [3.63, 3.8) is 0 Å². The van der Waals surface area contributed by atoms with E-state index in [0.29, 0.717) is 0 Å². The van der Waals surface area contributed by atoms with Gasteiger partial charge in [0.05, 0.1) is 17.1 Å². The fourth-order valence-corrected chi connectivity index (χ4v) is 9.19. The summed E-state index contributed by atoms with van der Waals surface area (Å²) in [4.78, 5) is 5.55. The molecule has 5 aromatic carbocycles. The Bertz CT molecular complexity index is 2670. The molecule has 0 spiro atoms. The third-order valence-corrected chi connectivity index (χ3v) is 11.5. The van der Waals surface area contributed by atoms with Crippen molar-refractivity contribution in [3.8, 4) is 27.3 Å². The third-order valence-electron chi connectivity index (χ3n) is 10.3. The van der Waals surface area contributed by atoms with Gasteiger partial charge in [-0.05, 0) is 77.0 Å². The number of aromatic nitrogens is 2. The summed E-state index contributed by atoms with van der Waals surface area (Å²) >= 11 is 1.90. The lowest BCUT2D eigenvalue weighted by Gasteiger charge is -2.34. The fourth-order valence-electron chi connectivity index (χ4n) is 7.80. The molecule has 0 bridgehead atoms. The van der Waals surface area contributed by atoms with E-state index in [4.69, 9.17) is 0 Å². The molecule has 5 heterocycles. The van der Waals surface area contributed by atoms with Gasteiger partial charge in [-0.2, -0.15) is 0 Å². The predicted molar refractivity (Wildman–Crippen MR) is 217 cm³/mol. The summed E-state index contributed by atoms with van der Waals surface area (Å²) in [5.41, 5.74) is 12.0. The Balaban J connectivity index is 1.10. The van der Waals surface area contributed by atoms with Gasteiger partial charge in [0.15, 0.2) is 0 Å². The van der Waals surface area contributed by atoms with Crippen molar-refractivity contribution in [2.24, 2.45) is 0 Å². The zero-order chi connectivity index (χ0) is 34.4. The van der Waals surface area contributed by atoms with Crippen LogP contribution in [-0.2, 0) is 0 Å². The molecule has 0 fully saturated rings. The van der Waals surface area contributed by atoms with Crippen LogP contribution in [-0.4, -0.2) is 22.3 Å². The molecule has 8 aromatic rings. The zero-order valence-electron chi connectivity index (χ0n) is 28.3. The first-order chi connectivity index (χ1) is 25.8. The first-order valence-corrected chi connectivity index (χ1v) is 18.6. The molecule has 2 aliphatic heterocycles.